The molecule has 1 unspecified atom stereocenters. The SMILES string of the molecule is N#CC(NC(=O)c1ccc(Cl)o1)c1ccccc1. The number of nitrogens with zero attached hydrogens (tertiary/aromatic N) is 1. The van der Waals surface area contributed by atoms with Crippen LogP contribution in [-0.4, -0.2) is 5.91 Å². The summed E-state index contributed by atoms with van der Waals surface area (Å²) in [6.45, 7) is 0. The molecular formula is C13H9ClN2O2. The predicted molar refractivity (Wildman–Crippen MR) is 66.0 cm³/mol. The molecular weight excluding hydrogens is 252 g/mol. The number of carbonyl (C=O) groups excluding carboxylic acids is 1. The van der Waals surface area contributed by atoms with Crippen LogP contribution in [0.5, 0.6) is 0 Å². The molecule has 1 amide bonds. The van der Waals surface area contributed by atoms with Gasteiger partial charge in [-0.05, 0) is 29.3 Å². The Kier molecular flexibility index (Phi) is 3.66. The summed E-state index contributed by atoms with van der Waals surface area (Å²) < 4.78 is 4.97. The summed E-state index contributed by atoms with van der Waals surface area (Å²) in [5, 5.41) is 11.8. The molecule has 0 aliphatic carbocycles. The average molecular weight is 261 g/mol. The van der Waals surface area contributed by atoms with E-state index in [1.165, 1.54) is 12.1 Å². The largest absolute Gasteiger partial charge is 0.440 e. The van der Waals surface area contributed by atoms with Gasteiger partial charge in [-0.2, -0.15) is 5.26 Å². The second-order valence-corrected chi connectivity index (χ2v) is 3.92. The fourth-order valence-electron chi connectivity index (χ4n) is 1.47. The van der Waals surface area contributed by atoms with Crippen LogP contribution < -0.4 is 5.32 Å². The summed E-state index contributed by atoms with van der Waals surface area (Å²) in [4.78, 5) is 11.8. The van der Waals surface area contributed by atoms with Crippen LogP contribution in [0.2, 0.25) is 5.22 Å². The fourth-order valence-corrected chi connectivity index (χ4v) is 1.62. The van der Waals surface area contributed by atoms with Gasteiger partial charge >= 0.3 is 0 Å². The van der Waals surface area contributed by atoms with E-state index in [9.17, 15) is 4.79 Å². The van der Waals surface area contributed by atoms with E-state index in [-0.39, 0.29) is 11.0 Å². The third-order valence-corrected chi connectivity index (χ3v) is 2.54. The van der Waals surface area contributed by atoms with Crippen molar-refractivity contribution < 1.29 is 9.21 Å². The molecule has 0 bridgehead atoms. The Morgan fingerprint density at radius 1 is 1.28 bits per heavy atom. The Hall–Kier alpha value is -2.25. The van der Waals surface area contributed by atoms with E-state index in [4.69, 9.17) is 21.3 Å². The first-order valence-corrected chi connectivity index (χ1v) is 5.59. The van der Waals surface area contributed by atoms with E-state index in [2.05, 4.69) is 5.32 Å². The number of halogens is 1. The molecule has 0 spiro atoms. The molecule has 0 aliphatic heterocycles. The van der Waals surface area contributed by atoms with Gasteiger partial charge in [0.05, 0.1) is 6.07 Å². The lowest BCUT2D eigenvalue weighted by Gasteiger charge is -2.10. The van der Waals surface area contributed by atoms with Gasteiger partial charge in [0.25, 0.3) is 5.91 Å². The van der Waals surface area contributed by atoms with Gasteiger partial charge in [0.15, 0.2) is 11.0 Å². The highest BCUT2D eigenvalue weighted by atomic mass is 35.5. The summed E-state index contributed by atoms with van der Waals surface area (Å²) in [7, 11) is 0. The highest BCUT2D eigenvalue weighted by Gasteiger charge is 2.17. The van der Waals surface area contributed by atoms with Crippen molar-refractivity contribution in [3.63, 3.8) is 0 Å². The molecule has 2 rings (SSSR count). The summed E-state index contributed by atoms with van der Waals surface area (Å²) in [6, 6.07) is 13.2. The molecule has 1 aromatic carbocycles. The van der Waals surface area contributed by atoms with Gasteiger partial charge in [-0.1, -0.05) is 30.3 Å². The number of nitrogens with one attached hydrogen (secondary N) is 1. The molecule has 18 heavy (non-hydrogen) atoms. The summed E-state index contributed by atoms with van der Waals surface area (Å²) in [5.41, 5.74) is 0.714. The molecule has 1 N–H and O–H groups in total. The third-order valence-electron chi connectivity index (χ3n) is 2.33. The molecule has 4 nitrogen and oxygen atoms in total. The molecule has 0 saturated heterocycles. The van der Waals surface area contributed by atoms with Crippen molar-refractivity contribution in [2.24, 2.45) is 0 Å². The molecule has 2 aromatic rings. The minimum atomic E-state index is -0.720. The van der Waals surface area contributed by atoms with Crippen LogP contribution in [0.3, 0.4) is 0 Å². The fraction of sp³-hybridized carbons (Fsp3) is 0.0769. The number of furan rings is 1. The van der Waals surface area contributed by atoms with Gasteiger partial charge in [-0.15, -0.1) is 0 Å². The van der Waals surface area contributed by atoms with Crippen molar-refractivity contribution in [3.05, 3.63) is 59.0 Å². The topological polar surface area (TPSA) is 66.0 Å². The van der Waals surface area contributed by atoms with Gasteiger partial charge in [-0.25, -0.2) is 0 Å². The van der Waals surface area contributed by atoms with E-state index < -0.39 is 11.9 Å². The van der Waals surface area contributed by atoms with Crippen molar-refractivity contribution in [1.82, 2.24) is 5.32 Å². The van der Waals surface area contributed by atoms with Crippen molar-refractivity contribution in [2.45, 2.75) is 6.04 Å². The van der Waals surface area contributed by atoms with E-state index in [1.54, 1.807) is 24.3 Å². The molecule has 0 radical (unpaired) electrons. The monoisotopic (exact) mass is 260 g/mol. The zero-order valence-corrected chi connectivity index (χ0v) is 10.0. The maximum absolute atomic E-state index is 11.8. The number of benzene rings is 1. The lowest BCUT2D eigenvalue weighted by Crippen LogP contribution is -2.27. The molecule has 1 aromatic heterocycles. The van der Waals surface area contributed by atoms with Crippen LogP contribution in [-0.2, 0) is 0 Å². The van der Waals surface area contributed by atoms with Crippen molar-refractivity contribution in [3.8, 4) is 6.07 Å². The molecule has 1 heterocycles. The number of nitriles is 1. The van der Waals surface area contributed by atoms with Gasteiger partial charge in [0, 0.05) is 0 Å². The summed E-state index contributed by atoms with van der Waals surface area (Å²) >= 11 is 5.58. The number of hydrogen-bond donors (Lipinski definition) is 1. The summed E-state index contributed by atoms with van der Waals surface area (Å²) in [5.74, 6) is -0.395. The smallest absolute Gasteiger partial charge is 0.288 e. The number of hydrogen-bond acceptors (Lipinski definition) is 3. The van der Waals surface area contributed by atoms with Gasteiger partial charge in [0.1, 0.15) is 6.04 Å². The van der Waals surface area contributed by atoms with E-state index in [0.717, 1.165) is 0 Å². The van der Waals surface area contributed by atoms with Gasteiger partial charge < -0.3 is 9.73 Å². The summed E-state index contributed by atoms with van der Waals surface area (Å²) in [6.07, 6.45) is 0. The first kappa shape index (κ1) is 12.2. The highest BCUT2D eigenvalue weighted by Crippen LogP contribution is 2.16. The Morgan fingerprint density at radius 2 is 2.00 bits per heavy atom. The average Bonchev–Trinajstić information content (AvgIpc) is 2.83. The number of amides is 1. The molecule has 90 valence electrons. The maximum atomic E-state index is 11.8. The second kappa shape index (κ2) is 5.39. The number of carbonyl (C=O) groups is 1. The van der Waals surface area contributed by atoms with E-state index >= 15 is 0 Å². The lowest BCUT2D eigenvalue weighted by molar-refractivity contribution is 0.0917. The van der Waals surface area contributed by atoms with Crippen molar-refractivity contribution in [2.75, 3.05) is 0 Å². The van der Waals surface area contributed by atoms with Crippen LogP contribution in [0.1, 0.15) is 22.2 Å². The molecule has 1 atom stereocenters. The predicted octanol–water partition coefficient (Wildman–Crippen LogP) is 2.93. The highest BCUT2D eigenvalue weighted by molar-refractivity contribution is 6.29. The van der Waals surface area contributed by atoms with Gasteiger partial charge in [-0.3, -0.25) is 4.79 Å². The number of rotatable bonds is 3. The molecule has 5 heteroatoms. The van der Waals surface area contributed by atoms with Gasteiger partial charge in [0.2, 0.25) is 0 Å². The van der Waals surface area contributed by atoms with E-state index in [1.807, 2.05) is 12.1 Å². The lowest BCUT2D eigenvalue weighted by atomic mass is 10.1. The van der Waals surface area contributed by atoms with Crippen LogP contribution in [0.15, 0.2) is 46.9 Å². The normalized spacial score (nSPS) is 11.6. The minimum Gasteiger partial charge on any atom is -0.440 e. The molecule has 0 saturated carbocycles. The Balaban J connectivity index is 2.13. The zero-order chi connectivity index (χ0) is 13.0. The second-order valence-electron chi connectivity index (χ2n) is 3.55. The Morgan fingerprint density at radius 3 is 2.56 bits per heavy atom. The maximum Gasteiger partial charge on any atom is 0.288 e. The first-order chi connectivity index (χ1) is 8.70. The quantitative estimate of drug-likeness (QED) is 0.923. The third kappa shape index (κ3) is 2.70. The van der Waals surface area contributed by atoms with Crippen LogP contribution in [0.25, 0.3) is 0 Å². The Bertz CT molecular complexity index is 587. The first-order valence-electron chi connectivity index (χ1n) is 5.21. The molecule has 0 aliphatic rings. The van der Waals surface area contributed by atoms with E-state index in [0.29, 0.717) is 5.56 Å². The van der Waals surface area contributed by atoms with Crippen LogP contribution in [0.4, 0.5) is 0 Å². The standard InChI is InChI=1S/C13H9ClN2O2/c14-12-7-6-11(18-12)13(17)16-10(8-15)9-4-2-1-3-5-9/h1-7,10H,(H,16,17). The zero-order valence-electron chi connectivity index (χ0n) is 9.26. The van der Waals surface area contributed by atoms with Crippen LogP contribution >= 0.6 is 11.6 Å². The Labute approximate surface area is 109 Å². The molecule has 0 fully saturated rings. The van der Waals surface area contributed by atoms with Crippen LogP contribution in [0, 0.1) is 11.3 Å². The van der Waals surface area contributed by atoms with Crippen molar-refractivity contribution >= 4 is 17.5 Å². The minimum absolute atomic E-state index is 0.0798. The van der Waals surface area contributed by atoms with Crippen molar-refractivity contribution in [1.29, 1.82) is 5.26 Å².